The molecule has 2 aromatic carbocycles. The van der Waals surface area contributed by atoms with Gasteiger partial charge in [-0.15, -0.1) is 10.2 Å². The number of H-pyrrole nitrogens is 1. The number of nitrogens with one attached hydrogen (secondary N) is 3. The van der Waals surface area contributed by atoms with Crippen LogP contribution in [0.2, 0.25) is 0 Å². The molecule has 1 heterocycles. The van der Waals surface area contributed by atoms with Gasteiger partial charge in [0.2, 0.25) is 11.8 Å². The second kappa shape index (κ2) is 11.3. The zero-order chi connectivity index (χ0) is 23.8. The van der Waals surface area contributed by atoms with Gasteiger partial charge in [0.25, 0.3) is 5.56 Å². The largest absolute Gasteiger partial charge is 0.494 e. The smallest absolute Gasteiger partial charge is 0.278 e. The van der Waals surface area contributed by atoms with Gasteiger partial charge in [-0.05, 0) is 43.7 Å². The van der Waals surface area contributed by atoms with Crippen molar-refractivity contribution in [2.75, 3.05) is 17.2 Å². The van der Waals surface area contributed by atoms with E-state index in [1.165, 1.54) is 6.92 Å². The normalized spacial score (nSPS) is 11.5. The maximum Gasteiger partial charge on any atom is 0.278 e. The second-order valence-corrected chi connectivity index (χ2v) is 8.19. The Morgan fingerprint density at radius 2 is 1.79 bits per heavy atom. The first kappa shape index (κ1) is 24.0. The molecule has 3 aromatic rings. The predicted octanol–water partition coefficient (Wildman–Crippen LogP) is 3.70. The van der Waals surface area contributed by atoms with Crippen LogP contribution in [0.1, 0.15) is 27.2 Å². The van der Waals surface area contributed by atoms with E-state index >= 15 is 0 Å². The van der Waals surface area contributed by atoms with Crippen LogP contribution in [0.5, 0.6) is 5.75 Å². The zero-order valence-corrected chi connectivity index (χ0v) is 19.4. The number of aromatic nitrogens is 3. The molecule has 10 heteroatoms. The highest BCUT2D eigenvalue weighted by Gasteiger charge is 2.21. The molecule has 0 spiro atoms. The van der Waals surface area contributed by atoms with Crippen molar-refractivity contribution in [1.82, 2.24) is 15.2 Å². The van der Waals surface area contributed by atoms with Gasteiger partial charge in [-0.2, -0.15) is 0 Å². The Bertz CT molecular complexity index is 1180. The minimum atomic E-state index is -0.487. The van der Waals surface area contributed by atoms with Gasteiger partial charge in [0.1, 0.15) is 5.75 Å². The SMILES string of the molecule is CCOc1ccc(NC(=O)[C@H](CC)Sc2nnc(-c3ccccc3NC(C)=O)c(=O)[nH]2)cc1. The van der Waals surface area contributed by atoms with Crippen LogP contribution >= 0.6 is 11.8 Å². The molecule has 0 aliphatic rings. The van der Waals surface area contributed by atoms with Crippen molar-refractivity contribution >= 4 is 35.0 Å². The summed E-state index contributed by atoms with van der Waals surface area (Å²) in [5.74, 6) is 0.252. The van der Waals surface area contributed by atoms with Gasteiger partial charge in [-0.3, -0.25) is 19.4 Å². The number of aromatic amines is 1. The van der Waals surface area contributed by atoms with Gasteiger partial charge in [-0.25, -0.2) is 0 Å². The first-order valence-corrected chi connectivity index (χ1v) is 11.3. The zero-order valence-electron chi connectivity index (χ0n) is 18.5. The highest BCUT2D eigenvalue weighted by atomic mass is 32.2. The molecule has 0 radical (unpaired) electrons. The lowest BCUT2D eigenvalue weighted by Gasteiger charge is -2.14. The van der Waals surface area contributed by atoms with Crippen LogP contribution in [-0.2, 0) is 9.59 Å². The van der Waals surface area contributed by atoms with E-state index in [0.717, 1.165) is 17.5 Å². The van der Waals surface area contributed by atoms with E-state index < -0.39 is 10.8 Å². The first-order valence-electron chi connectivity index (χ1n) is 10.5. The van der Waals surface area contributed by atoms with E-state index in [2.05, 4.69) is 25.8 Å². The molecule has 0 aliphatic heterocycles. The van der Waals surface area contributed by atoms with Gasteiger partial charge < -0.3 is 15.4 Å². The molecule has 0 aliphatic carbocycles. The van der Waals surface area contributed by atoms with Crippen molar-refractivity contribution in [2.24, 2.45) is 0 Å². The molecule has 3 N–H and O–H groups in total. The molecule has 0 unspecified atom stereocenters. The molecule has 3 rings (SSSR count). The third-order valence-corrected chi connectivity index (χ3v) is 5.76. The number of nitrogens with zero attached hydrogens (tertiary/aromatic N) is 2. The van der Waals surface area contributed by atoms with Crippen LogP contribution in [-0.4, -0.2) is 38.9 Å². The summed E-state index contributed by atoms with van der Waals surface area (Å²) < 4.78 is 5.41. The second-order valence-electron chi connectivity index (χ2n) is 7.00. The number of carbonyl (C=O) groups is 2. The Kier molecular flexibility index (Phi) is 8.20. The monoisotopic (exact) mass is 467 g/mol. The molecule has 0 fully saturated rings. The summed E-state index contributed by atoms with van der Waals surface area (Å²) in [4.78, 5) is 39.6. The third kappa shape index (κ3) is 6.42. The van der Waals surface area contributed by atoms with Crippen LogP contribution in [0.25, 0.3) is 11.3 Å². The minimum absolute atomic E-state index is 0.0792. The summed E-state index contributed by atoms with van der Waals surface area (Å²) in [6.07, 6.45) is 0.518. The molecule has 2 amide bonds. The summed E-state index contributed by atoms with van der Waals surface area (Å²) in [6.45, 7) is 5.73. The molecule has 33 heavy (non-hydrogen) atoms. The Hall–Kier alpha value is -3.66. The predicted molar refractivity (Wildman–Crippen MR) is 129 cm³/mol. The van der Waals surface area contributed by atoms with Gasteiger partial charge in [0.15, 0.2) is 10.9 Å². The summed E-state index contributed by atoms with van der Waals surface area (Å²) in [7, 11) is 0. The third-order valence-electron chi connectivity index (χ3n) is 4.52. The Labute approximate surface area is 195 Å². The van der Waals surface area contributed by atoms with E-state index in [-0.39, 0.29) is 22.7 Å². The number of hydrogen-bond acceptors (Lipinski definition) is 7. The van der Waals surface area contributed by atoms with Crippen molar-refractivity contribution in [3.05, 3.63) is 58.9 Å². The lowest BCUT2D eigenvalue weighted by molar-refractivity contribution is -0.116. The van der Waals surface area contributed by atoms with Crippen LogP contribution in [0.15, 0.2) is 58.5 Å². The van der Waals surface area contributed by atoms with E-state index in [9.17, 15) is 14.4 Å². The van der Waals surface area contributed by atoms with Crippen molar-refractivity contribution < 1.29 is 14.3 Å². The molecule has 172 valence electrons. The number of thioether (sulfide) groups is 1. The summed E-state index contributed by atoms with van der Waals surface area (Å²) in [5, 5.41) is 13.4. The van der Waals surface area contributed by atoms with E-state index in [4.69, 9.17) is 4.74 Å². The van der Waals surface area contributed by atoms with Gasteiger partial charge in [-0.1, -0.05) is 36.9 Å². The molecule has 9 nitrogen and oxygen atoms in total. The van der Waals surface area contributed by atoms with E-state index in [1.54, 1.807) is 48.5 Å². The Balaban J connectivity index is 1.73. The quantitative estimate of drug-likeness (QED) is 0.410. The summed E-state index contributed by atoms with van der Waals surface area (Å²) in [5.41, 5.74) is 1.18. The average Bonchev–Trinajstić information content (AvgIpc) is 2.79. The number of anilines is 2. The molecule has 1 atom stereocenters. The Morgan fingerprint density at radius 1 is 1.06 bits per heavy atom. The standard InChI is InChI=1S/C23H25N5O4S/c1-4-19(21(30)25-15-10-12-16(13-11-15)32-5-2)33-23-26-22(31)20(27-28-23)17-8-6-7-9-18(17)24-14(3)29/h6-13,19H,4-5H2,1-3H3,(H,24,29)(H,25,30)(H,26,28,31)/t19-/m0/s1. The number of carbonyl (C=O) groups excluding carboxylic acids is 2. The highest BCUT2D eigenvalue weighted by Crippen LogP contribution is 2.26. The first-order chi connectivity index (χ1) is 15.9. The van der Waals surface area contributed by atoms with Gasteiger partial charge in [0.05, 0.1) is 17.5 Å². The summed E-state index contributed by atoms with van der Waals surface area (Å²) in [6, 6.07) is 13.9. The average molecular weight is 468 g/mol. The molecule has 1 aromatic heterocycles. The molecular weight excluding hydrogens is 442 g/mol. The maximum absolute atomic E-state index is 12.7. The fourth-order valence-corrected chi connectivity index (χ4v) is 3.86. The number of amides is 2. The van der Waals surface area contributed by atoms with Crippen LogP contribution in [0, 0.1) is 0 Å². The van der Waals surface area contributed by atoms with Crippen molar-refractivity contribution in [3.63, 3.8) is 0 Å². The fourth-order valence-electron chi connectivity index (χ4n) is 3.02. The van der Waals surface area contributed by atoms with E-state index in [0.29, 0.717) is 30.0 Å². The molecule has 0 bridgehead atoms. The lowest BCUT2D eigenvalue weighted by Crippen LogP contribution is -2.25. The lowest BCUT2D eigenvalue weighted by atomic mass is 10.1. The highest BCUT2D eigenvalue weighted by molar-refractivity contribution is 8.00. The van der Waals surface area contributed by atoms with Crippen LogP contribution in [0.4, 0.5) is 11.4 Å². The van der Waals surface area contributed by atoms with Crippen molar-refractivity contribution in [1.29, 1.82) is 0 Å². The van der Waals surface area contributed by atoms with Crippen LogP contribution < -0.4 is 20.9 Å². The number of rotatable bonds is 9. The fraction of sp³-hybridized carbons (Fsp3) is 0.261. The van der Waals surface area contributed by atoms with Gasteiger partial charge >= 0.3 is 0 Å². The van der Waals surface area contributed by atoms with Crippen molar-refractivity contribution in [2.45, 2.75) is 37.6 Å². The summed E-state index contributed by atoms with van der Waals surface area (Å²) >= 11 is 1.12. The number of hydrogen-bond donors (Lipinski definition) is 3. The number of para-hydroxylation sites is 1. The number of benzene rings is 2. The Morgan fingerprint density at radius 3 is 2.42 bits per heavy atom. The molecule has 0 saturated heterocycles. The topological polar surface area (TPSA) is 126 Å². The molecule has 0 saturated carbocycles. The van der Waals surface area contributed by atoms with E-state index in [1.807, 2.05) is 13.8 Å². The van der Waals surface area contributed by atoms with Gasteiger partial charge in [0, 0.05) is 18.2 Å². The maximum atomic E-state index is 12.7. The molecular formula is C23H25N5O4S. The van der Waals surface area contributed by atoms with Crippen LogP contribution in [0.3, 0.4) is 0 Å². The van der Waals surface area contributed by atoms with Crippen molar-refractivity contribution in [3.8, 4) is 17.0 Å². The number of ether oxygens (including phenoxy) is 1. The minimum Gasteiger partial charge on any atom is -0.494 e.